The first kappa shape index (κ1) is 11.6. The molecule has 5 heteroatoms. The van der Waals surface area contributed by atoms with Gasteiger partial charge in [0.25, 0.3) is 5.56 Å². The summed E-state index contributed by atoms with van der Waals surface area (Å²) in [5, 5.41) is 0. The van der Waals surface area contributed by atoms with E-state index >= 15 is 0 Å². The summed E-state index contributed by atoms with van der Waals surface area (Å²) >= 11 is 3.30. The van der Waals surface area contributed by atoms with Gasteiger partial charge in [-0.3, -0.25) is 4.79 Å². The van der Waals surface area contributed by atoms with Crippen LogP contribution in [0.25, 0.3) is 0 Å². The number of nitrogens with zero attached hydrogens (tertiary/aromatic N) is 2. The number of hydrogen-bond donors (Lipinski definition) is 1. The summed E-state index contributed by atoms with van der Waals surface area (Å²) in [4.78, 5) is 20.4. The summed E-state index contributed by atoms with van der Waals surface area (Å²) in [7, 11) is 0. The lowest BCUT2D eigenvalue weighted by atomic mass is 9.95. The predicted molar refractivity (Wildman–Crippen MR) is 67.7 cm³/mol. The van der Waals surface area contributed by atoms with E-state index in [1.54, 1.807) is 0 Å². The van der Waals surface area contributed by atoms with E-state index in [2.05, 4.69) is 44.6 Å². The second kappa shape index (κ2) is 4.57. The minimum Gasteiger partial charge on any atom is -0.355 e. The van der Waals surface area contributed by atoms with Crippen LogP contribution >= 0.6 is 15.9 Å². The molecule has 1 aliphatic heterocycles. The third-order valence-corrected chi connectivity index (χ3v) is 3.96. The molecule has 1 fully saturated rings. The van der Waals surface area contributed by atoms with Gasteiger partial charge < -0.3 is 9.88 Å². The van der Waals surface area contributed by atoms with Gasteiger partial charge in [-0.2, -0.15) is 0 Å². The average molecular weight is 286 g/mol. The normalized spacial score (nSPS) is 20.8. The van der Waals surface area contributed by atoms with Crippen molar-refractivity contribution < 1.29 is 0 Å². The highest BCUT2D eigenvalue weighted by Crippen LogP contribution is 2.29. The number of hydrogen-bond acceptors (Lipinski definition) is 3. The van der Waals surface area contributed by atoms with Gasteiger partial charge in [0.2, 0.25) is 0 Å². The van der Waals surface area contributed by atoms with Crippen molar-refractivity contribution in [2.24, 2.45) is 11.8 Å². The van der Waals surface area contributed by atoms with Crippen molar-refractivity contribution in [2.75, 3.05) is 18.0 Å². The van der Waals surface area contributed by atoms with Gasteiger partial charge in [-0.25, -0.2) is 4.98 Å². The molecule has 88 valence electrons. The van der Waals surface area contributed by atoms with Crippen LogP contribution in [-0.4, -0.2) is 23.1 Å². The first-order chi connectivity index (χ1) is 7.59. The van der Waals surface area contributed by atoms with E-state index in [9.17, 15) is 4.79 Å². The number of H-pyrrole nitrogens is 1. The van der Waals surface area contributed by atoms with E-state index in [0.29, 0.717) is 16.3 Å². The maximum atomic E-state index is 11.4. The molecular weight excluding hydrogens is 270 g/mol. The van der Waals surface area contributed by atoms with Crippen LogP contribution in [0.2, 0.25) is 0 Å². The van der Waals surface area contributed by atoms with Crippen LogP contribution in [0.4, 0.5) is 5.82 Å². The zero-order chi connectivity index (χ0) is 11.7. The summed E-state index contributed by atoms with van der Waals surface area (Å²) < 4.78 is 0.541. The van der Waals surface area contributed by atoms with Gasteiger partial charge in [0, 0.05) is 13.1 Å². The maximum absolute atomic E-state index is 11.4. The lowest BCUT2D eigenvalue weighted by molar-refractivity contribution is 0.422. The highest BCUT2D eigenvalue weighted by Gasteiger charge is 2.27. The maximum Gasteiger partial charge on any atom is 0.267 e. The Kier molecular flexibility index (Phi) is 3.33. The average Bonchev–Trinajstić information content (AvgIpc) is 2.71. The molecule has 0 bridgehead atoms. The van der Waals surface area contributed by atoms with Crippen molar-refractivity contribution in [3.63, 3.8) is 0 Å². The smallest absolute Gasteiger partial charge is 0.267 e. The van der Waals surface area contributed by atoms with E-state index in [-0.39, 0.29) is 5.56 Å². The SMILES string of the molecule is CC(C)C1CCN(c2nc[nH]c(=O)c2Br)C1. The van der Waals surface area contributed by atoms with Crippen LogP contribution in [0.3, 0.4) is 0 Å². The lowest BCUT2D eigenvalue weighted by Gasteiger charge is -2.19. The number of anilines is 1. The van der Waals surface area contributed by atoms with Gasteiger partial charge in [-0.05, 0) is 34.2 Å². The van der Waals surface area contributed by atoms with Crippen LogP contribution < -0.4 is 10.5 Å². The molecule has 1 aromatic heterocycles. The zero-order valence-corrected chi connectivity index (χ0v) is 11.1. The Morgan fingerprint density at radius 1 is 1.62 bits per heavy atom. The Labute approximate surface area is 103 Å². The third kappa shape index (κ3) is 2.14. The molecule has 1 aliphatic rings. The molecule has 1 aromatic rings. The number of nitrogens with one attached hydrogen (secondary N) is 1. The molecule has 1 N–H and O–H groups in total. The van der Waals surface area contributed by atoms with Crippen molar-refractivity contribution in [3.05, 3.63) is 21.2 Å². The molecule has 16 heavy (non-hydrogen) atoms. The molecule has 1 atom stereocenters. The van der Waals surface area contributed by atoms with E-state index in [0.717, 1.165) is 18.9 Å². The van der Waals surface area contributed by atoms with Crippen LogP contribution in [-0.2, 0) is 0 Å². The first-order valence-electron chi connectivity index (χ1n) is 5.57. The van der Waals surface area contributed by atoms with Crippen LogP contribution in [0, 0.1) is 11.8 Å². The third-order valence-electron chi connectivity index (χ3n) is 3.25. The molecule has 1 unspecified atom stereocenters. The molecule has 0 spiro atoms. The van der Waals surface area contributed by atoms with Gasteiger partial charge in [0.1, 0.15) is 10.3 Å². The molecule has 0 amide bonds. The highest BCUT2D eigenvalue weighted by atomic mass is 79.9. The van der Waals surface area contributed by atoms with E-state index in [1.807, 2.05) is 0 Å². The van der Waals surface area contributed by atoms with Crippen molar-refractivity contribution in [1.82, 2.24) is 9.97 Å². The summed E-state index contributed by atoms with van der Waals surface area (Å²) in [6, 6.07) is 0. The van der Waals surface area contributed by atoms with Gasteiger partial charge >= 0.3 is 0 Å². The van der Waals surface area contributed by atoms with Crippen LogP contribution in [0.15, 0.2) is 15.6 Å². The highest BCUT2D eigenvalue weighted by molar-refractivity contribution is 9.10. The summed E-state index contributed by atoms with van der Waals surface area (Å²) in [6.45, 7) is 6.47. The van der Waals surface area contributed by atoms with Crippen molar-refractivity contribution in [1.29, 1.82) is 0 Å². The molecule has 0 radical (unpaired) electrons. The predicted octanol–water partition coefficient (Wildman–Crippen LogP) is 2.01. The molecule has 0 aromatic carbocycles. The fraction of sp³-hybridized carbons (Fsp3) is 0.636. The van der Waals surface area contributed by atoms with E-state index in [1.165, 1.54) is 12.7 Å². The van der Waals surface area contributed by atoms with Crippen LogP contribution in [0.5, 0.6) is 0 Å². The quantitative estimate of drug-likeness (QED) is 0.904. The minimum absolute atomic E-state index is 0.113. The summed E-state index contributed by atoms with van der Waals surface area (Å²) in [6.07, 6.45) is 2.64. The Morgan fingerprint density at radius 2 is 2.38 bits per heavy atom. The minimum atomic E-state index is -0.113. The number of halogens is 1. The first-order valence-corrected chi connectivity index (χ1v) is 6.37. The topological polar surface area (TPSA) is 49.0 Å². The second-order valence-electron chi connectivity index (χ2n) is 4.61. The Hall–Kier alpha value is -0.840. The fourth-order valence-corrected chi connectivity index (χ4v) is 2.59. The number of aromatic nitrogens is 2. The van der Waals surface area contributed by atoms with Crippen molar-refractivity contribution >= 4 is 21.7 Å². The Bertz CT molecular complexity index is 429. The van der Waals surface area contributed by atoms with Gasteiger partial charge in [-0.1, -0.05) is 13.8 Å². The fourth-order valence-electron chi connectivity index (χ4n) is 2.12. The Morgan fingerprint density at radius 3 is 3.00 bits per heavy atom. The van der Waals surface area contributed by atoms with E-state index < -0.39 is 0 Å². The standard InChI is InChI=1S/C11H16BrN3O/c1-7(2)8-3-4-15(5-8)10-9(12)11(16)14-6-13-10/h6-8H,3-5H2,1-2H3,(H,13,14,16). The van der Waals surface area contributed by atoms with Gasteiger partial charge in [-0.15, -0.1) is 0 Å². The monoisotopic (exact) mass is 285 g/mol. The van der Waals surface area contributed by atoms with Gasteiger partial charge in [0.15, 0.2) is 0 Å². The van der Waals surface area contributed by atoms with Gasteiger partial charge in [0.05, 0.1) is 6.33 Å². The van der Waals surface area contributed by atoms with Crippen molar-refractivity contribution in [2.45, 2.75) is 20.3 Å². The summed E-state index contributed by atoms with van der Waals surface area (Å²) in [5.41, 5.74) is -0.113. The molecular formula is C11H16BrN3O. The van der Waals surface area contributed by atoms with Crippen LogP contribution in [0.1, 0.15) is 20.3 Å². The van der Waals surface area contributed by atoms with E-state index in [4.69, 9.17) is 0 Å². The Balaban J connectivity index is 2.21. The molecule has 2 rings (SSSR count). The molecule has 0 saturated carbocycles. The molecule has 0 aliphatic carbocycles. The number of rotatable bonds is 2. The zero-order valence-electron chi connectivity index (χ0n) is 9.53. The molecule has 2 heterocycles. The number of aromatic amines is 1. The molecule has 4 nitrogen and oxygen atoms in total. The largest absolute Gasteiger partial charge is 0.355 e. The lowest BCUT2D eigenvalue weighted by Crippen LogP contribution is -2.25. The molecule has 1 saturated heterocycles. The van der Waals surface area contributed by atoms with Crippen molar-refractivity contribution in [3.8, 4) is 0 Å². The summed E-state index contributed by atoms with van der Waals surface area (Å²) in [5.74, 6) is 2.16. The second-order valence-corrected chi connectivity index (χ2v) is 5.40.